The van der Waals surface area contributed by atoms with Crippen molar-refractivity contribution in [1.82, 2.24) is 5.32 Å². The fourth-order valence-corrected chi connectivity index (χ4v) is 3.72. The van der Waals surface area contributed by atoms with Gasteiger partial charge in [-0.3, -0.25) is 0 Å². The Kier molecular flexibility index (Phi) is 5.30. The lowest BCUT2D eigenvalue weighted by molar-refractivity contribution is 0.260. The third-order valence-electron chi connectivity index (χ3n) is 3.68. The summed E-state index contributed by atoms with van der Waals surface area (Å²) in [6, 6.07) is 9.06. The molecule has 0 radical (unpaired) electrons. The van der Waals surface area contributed by atoms with E-state index >= 15 is 0 Å². The number of benzene rings is 1. The quantitative estimate of drug-likeness (QED) is 0.641. The molecule has 1 aromatic carbocycles. The zero-order chi connectivity index (χ0) is 13.0. The molecule has 0 amide bonds. The lowest BCUT2D eigenvalue weighted by atomic mass is 9.92. The van der Waals surface area contributed by atoms with E-state index in [2.05, 4.69) is 66.0 Å². The van der Waals surface area contributed by atoms with E-state index in [9.17, 15) is 0 Å². The van der Waals surface area contributed by atoms with Crippen molar-refractivity contribution in [3.8, 4) is 5.75 Å². The normalized spacial score (nSPS) is 20.3. The Balaban J connectivity index is 1.99. The zero-order valence-electron chi connectivity index (χ0n) is 11.2. The minimum atomic E-state index is 0.596. The second-order valence-corrected chi connectivity index (χ2v) is 6.17. The second kappa shape index (κ2) is 6.75. The molecule has 0 aliphatic carbocycles. The van der Waals surface area contributed by atoms with Crippen molar-refractivity contribution in [3.63, 3.8) is 0 Å². The Morgan fingerprint density at radius 1 is 1.39 bits per heavy atom. The van der Waals surface area contributed by atoms with Crippen molar-refractivity contribution in [2.24, 2.45) is 5.92 Å². The summed E-state index contributed by atoms with van der Waals surface area (Å²) in [6.45, 7) is 6.48. The van der Waals surface area contributed by atoms with Gasteiger partial charge in [0.2, 0.25) is 0 Å². The predicted molar refractivity (Wildman–Crippen MR) is 84.8 cm³/mol. The molecule has 3 heteroatoms. The molecule has 1 aliphatic rings. The van der Waals surface area contributed by atoms with Crippen molar-refractivity contribution in [2.45, 2.75) is 32.2 Å². The third-order valence-corrected chi connectivity index (χ3v) is 4.63. The van der Waals surface area contributed by atoms with Crippen LogP contribution in [0.2, 0.25) is 0 Å². The van der Waals surface area contributed by atoms with Gasteiger partial charge in [0.05, 0.1) is 6.61 Å². The number of fused-ring (bicyclic) bond motifs is 1. The summed E-state index contributed by atoms with van der Waals surface area (Å²) in [5.74, 6) is 2.36. The number of halogens is 1. The van der Waals surface area contributed by atoms with Crippen molar-refractivity contribution in [1.29, 1.82) is 0 Å². The van der Waals surface area contributed by atoms with Gasteiger partial charge in [-0.05, 0) is 24.0 Å². The molecule has 1 N–H and O–H groups in total. The first kappa shape index (κ1) is 14.1. The lowest BCUT2D eigenvalue weighted by Gasteiger charge is -2.28. The van der Waals surface area contributed by atoms with Gasteiger partial charge in [-0.15, -0.1) is 0 Å². The molecule has 0 saturated heterocycles. The van der Waals surface area contributed by atoms with Crippen molar-refractivity contribution in [3.05, 3.63) is 29.8 Å². The maximum Gasteiger partial charge on any atom is 0.122 e. The van der Waals surface area contributed by atoms with E-state index in [0.29, 0.717) is 17.9 Å². The van der Waals surface area contributed by atoms with Crippen molar-refractivity contribution < 1.29 is 4.74 Å². The topological polar surface area (TPSA) is 21.3 Å². The van der Waals surface area contributed by atoms with Crippen molar-refractivity contribution in [2.75, 3.05) is 17.6 Å². The number of hydrogen-bond acceptors (Lipinski definition) is 2. The molecule has 0 saturated carbocycles. The fourth-order valence-electron chi connectivity index (χ4n) is 2.39. The van der Waals surface area contributed by atoms with Crippen molar-refractivity contribution >= 4 is 22.6 Å². The number of para-hydroxylation sites is 1. The Morgan fingerprint density at radius 2 is 2.17 bits per heavy atom. The summed E-state index contributed by atoms with van der Waals surface area (Å²) in [5, 5.41) is 3.72. The average molecular weight is 359 g/mol. The summed E-state index contributed by atoms with van der Waals surface area (Å²) in [5.41, 5.74) is 1.37. The van der Waals surface area contributed by atoms with Gasteiger partial charge in [0.15, 0.2) is 0 Å². The highest BCUT2D eigenvalue weighted by atomic mass is 127. The minimum Gasteiger partial charge on any atom is -0.493 e. The van der Waals surface area contributed by atoms with Crippen LogP contribution in [0.5, 0.6) is 5.75 Å². The molecule has 0 bridgehead atoms. The minimum absolute atomic E-state index is 0.596. The smallest absolute Gasteiger partial charge is 0.122 e. The number of ether oxygens (including phenoxy) is 1. The first-order valence-corrected chi connectivity index (χ1v) is 8.26. The van der Waals surface area contributed by atoms with Crippen LogP contribution < -0.4 is 10.1 Å². The van der Waals surface area contributed by atoms with E-state index in [1.54, 1.807) is 0 Å². The van der Waals surface area contributed by atoms with E-state index in [1.165, 1.54) is 9.99 Å². The van der Waals surface area contributed by atoms with Gasteiger partial charge < -0.3 is 10.1 Å². The second-order valence-electron chi connectivity index (χ2n) is 5.28. The maximum atomic E-state index is 5.71. The summed E-state index contributed by atoms with van der Waals surface area (Å²) >= 11 is 2.47. The molecular weight excluding hydrogens is 337 g/mol. The average Bonchev–Trinajstić information content (AvgIpc) is 2.39. The number of hydrogen-bond donors (Lipinski definition) is 1. The van der Waals surface area contributed by atoms with Gasteiger partial charge in [0, 0.05) is 22.9 Å². The van der Waals surface area contributed by atoms with E-state index in [4.69, 9.17) is 4.74 Å². The summed E-state index contributed by atoms with van der Waals surface area (Å²) in [4.78, 5) is 0. The largest absolute Gasteiger partial charge is 0.493 e. The van der Waals surface area contributed by atoms with Gasteiger partial charge in [0.1, 0.15) is 5.75 Å². The van der Waals surface area contributed by atoms with Crippen LogP contribution >= 0.6 is 22.6 Å². The zero-order valence-corrected chi connectivity index (χ0v) is 13.3. The standard InChI is InChI=1S/C15H22INO/c1-11(2)14(9-16)17-10-12-7-8-18-15-6-4-3-5-13(12)15/h3-6,11-12,14,17H,7-10H2,1-2H3. The van der Waals surface area contributed by atoms with Gasteiger partial charge in [-0.25, -0.2) is 0 Å². The predicted octanol–water partition coefficient (Wildman–Crippen LogP) is 3.60. The Morgan fingerprint density at radius 3 is 2.89 bits per heavy atom. The summed E-state index contributed by atoms with van der Waals surface area (Å²) in [6.07, 6.45) is 1.12. The van der Waals surface area contributed by atoms with Crippen LogP contribution in [0.1, 0.15) is 31.7 Å². The first-order chi connectivity index (χ1) is 8.72. The molecule has 2 nitrogen and oxygen atoms in total. The molecular formula is C15H22INO. The first-order valence-electron chi connectivity index (χ1n) is 6.73. The third kappa shape index (κ3) is 3.38. The lowest BCUT2D eigenvalue weighted by Crippen LogP contribution is -2.38. The summed E-state index contributed by atoms with van der Waals surface area (Å²) < 4.78 is 6.87. The van der Waals surface area contributed by atoms with Crippen LogP contribution in [0, 0.1) is 5.92 Å². The maximum absolute atomic E-state index is 5.71. The summed E-state index contributed by atoms with van der Waals surface area (Å²) in [7, 11) is 0. The number of rotatable bonds is 5. The molecule has 1 heterocycles. The van der Waals surface area contributed by atoms with Gasteiger partial charge in [-0.2, -0.15) is 0 Å². The van der Waals surface area contributed by atoms with E-state index in [1.807, 2.05) is 0 Å². The van der Waals surface area contributed by atoms with Crippen LogP contribution in [-0.4, -0.2) is 23.6 Å². The highest BCUT2D eigenvalue weighted by Crippen LogP contribution is 2.32. The molecule has 1 aromatic rings. The van der Waals surface area contributed by atoms with Crippen LogP contribution in [0.4, 0.5) is 0 Å². The molecule has 100 valence electrons. The molecule has 0 fully saturated rings. The monoisotopic (exact) mass is 359 g/mol. The molecule has 0 spiro atoms. The fraction of sp³-hybridized carbons (Fsp3) is 0.600. The molecule has 2 unspecified atom stereocenters. The highest BCUT2D eigenvalue weighted by molar-refractivity contribution is 14.1. The van der Waals surface area contributed by atoms with Gasteiger partial charge >= 0.3 is 0 Å². The molecule has 1 aliphatic heterocycles. The van der Waals surface area contributed by atoms with Gasteiger partial charge in [0.25, 0.3) is 0 Å². The Hall–Kier alpha value is -0.290. The Bertz CT molecular complexity index is 381. The molecule has 18 heavy (non-hydrogen) atoms. The van der Waals surface area contributed by atoms with Gasteiger partial charge in [-0.1, -0.05) is 54.6 Å². The molecule has 2 atom stereocenters. The van der Waals surface area contributed by atoms with E-state index in [-0.39, 0.29) is 0 Å². The van der Waals surface area contributed by atoms with E-state index < -0.39 is 0 Å². The number of nitrogens with one attached hydrogen (secondary N) is 1. The van der Waals surface area contributed by atoms with E-state index in [0.717, 1.165) is 25.3 Å². The Labute approximate surface area is 124 Å². The SMILES string of the molecule is CC(C)C(CI)NCC1CCOc2ccccc21. The van der Waals surface area contributed by atoms with Crippen LogP contribution in [0.3, 0.4) is 0 Å². The van der Waals surface area contributed by atoms with Crippen LogP contribution in [-0.2, 0) is 0 Å². The van der Waals surface area contributed by atoms with Crippen LogP contribution in [0.25, 0.3) is 0 Å². The highest BCUT2D eigenvalue weighted by Gasteiger charge is 2.22. The molecule has 0 aromatic heterocycles. The number of alkyl halides is 1. The molecule has 2 rings (SSSR count). The van der Waals surface area contributed by atoms with Crippen LogP contribution in [0.15, 0.2) is 24.3 Å².